The van der Waals surface area contributed by atoms with Gasteiger partial charge < -0.3 is 16.3 Å². The predicted octanol–water partition coefficient (Wildman–Crippen LogP) is 2.48. The van der Waals surface area contributed by atoms with E-state index in [2.05, 4.69) is 50.1 Å². The molecule has 1 aromatic heterocycles. The SMILES string of the molecule is CC(C)(C)CC(C)(C)NCc1ccnc(C(N)=NO)c1. The zero-order valence-corrected chi connectivity index (χ0v) is 13.1. The Bertz CT molecular complexity index is 475. The normalized spacial score (nSPS) is 13.6. The summed E-state index contributed by atoms with van der Waals surface area (Å²) in [6.45, 7) is 11.8. The molecule has 1 heterocycles. The topological polar surface area (TPSA) is 83.5 Å². The summed E-state index contributed by atoms with van der Waals surface area (Å²) in [6.07, 6.45) is 2.74. The lowest BCUT2D eigenvalue weighted by molar-refractivity contribution is 0.240. The highest BCUT2D eigenvalue weighted by Crippen LogP contribution is 2.27. The van der Waals surface area contributed by atoms with Crippen molar-refractivity contribution in [2.75, 3.05) is 0 Å². The molecule has 0 saturated carbocycles. The summed E-state index contributed by atoms with van der Waals surface area (Å²) >= 11 is 0. The monoisotopic (exact) mass is 278 g/mol. The largest absolute Gasteiger partial charge is 0.409 e. The van der Waals surface area contributed by atoms with Crippen LogP contribution in [0.15, 0.2) is 23.5 Å². The number of oxime groups is 1. The van der Waals surface area contributed by atoms with Gasteiger partial charge in [0.05, 0.1) is 0 Å². The summed E-state index contributed by atoms with van der Waals surface area (Å²) < 4.78 is 0. The summed E-state index contributed by atoms with van der Waals surface area (Å²) in [6, 6.07) is 3.75. The highest BCUT2D eigenvalue weighted by molar-refractivity contribution is 5.95. The smallest absolute Gasteiger partial charge is 0.188 e. The Morgan fingerprint density at radius 1 is 1.35 bits per heavy atom. The molecule has 0 aliphatic heterocycles. The molecular formula is C15H26N4O. The molecule has 1 aromatic rings. The average Bonchev–Trinajstić information content (AvgIpc) is 2.33. The van der Waals surface area contributed by atoms with Crippen LogP contribution in [0.2, 0.25) is 0 Å². The Morgan fingerprint density at radius 3 is 2.55 bits per heavy atom. The van der Waals surface area contributed by atoms with E-state index in [9.17, 15) is 0 Å². The molecule has 1 rings (SSSR count). The molecule has 0 unspecified atom stereocenters. The fourth-order valence-corrected chi connectivity index (χ4v) is 2.51. The van der Waals surface area contributed by atoms with Crippen molar-refractivity contribution >= 4 is 5.84 Å². The van der Waals surface area contributed by atoms with Crippen LogP contribution in [0, 0.1) is 5.41 Å². The molecule has 4 N–H and O–H groups in total. The molecule has 0 saturated heterocycles. The second-order valence-electron chi connectivity index (χ2n) is 7.01. The third-order valence-electron chi connectivity index (χ3n) is 2.94. The van der Waals surface area contributed by atoms with Crippen molar-refractivity contribution in [3.05, 3.63) is 29.6 Å². The van der Waals surface area contributed by atoms with Gasteiger partial charge in [0, 0.05) is 18.3 Å². The first kappa shape index (κ1) is 16.4. The first-order chi connectivity index (χ1) is 9.13. The Kier molecular flexibility index (Phi) is 5.11. The number of rotatable bonds is 5. The van der Waals surface area contributed by atoms with Crippen molar-refractivity contribution < 1.29 is 5.21 Å². The van der Waals surface area contributed by atoms with Crippen LogP contribution in [0.1, 0.15) is 52.3 Å². The van der Waals surface area contributed by atoms with Crippen molar-refractivity contribution in [3.8, 4) is 0 Å². The first-order valence-electron chi connectivity index (χ1n) is 6.81. The van der Waals surface area contributed by atoms with Crippen molar-refractivity contribution in [2.45, 2.75) is 53.1 Å². The van der Waals surface area contributed by atoms with Crippen molar-refractivity contribution in [1.82, 2.24) is 10.3 Å². The maximum absolute atomic E-state index is 8.67. The molecule has 5 heteroatoms. The standard InChI is InChI=1S/C15H26N4O/c1-14(2,3)10-15(4,5)18-9-11-6-7-17-12(8-11)13(16)19-20/h6-8,18,20H,9-10H2,1-5H3,(H2,16,19). The Labute approximate surface area is 121 Å². The van der Waals surface area contributed by atoms with E-state index in [4.69, 9.17) is 10.9 Å². The van der Waals surface area contributed by atoms with E-state index in [1.807, 2.05) is 12.1 Å². The van der Waals surface area contributed by atoms with Crippen molar-refractivity contribution in [1.29, 1.82) is 0 Å². The van der Waals surface area contributed by atoms with Crippen molar-refractivity contribution in [2.24, 2.45) is 16.3 Å². The zero-order valence-electron chi connectivity index (χ0n) is 13.1. The van der Waals surface area contributed by atoms with Crippen LogP contribution in [-0.4, -0.2) is 21.6 Å². The number of nitrogens with one attached hydrogen (secondary N) is 1. The maximum atomic E-state index is 8.67. The molecular weight excluding hydrogens is 252 g/mol. The molecule has 112 valence electrons. The molecule has 0 fully saturated rings. The average molecular weight is 278 g/mol. The predicted molar refractivity (Wildman–Crippen MR) is 81.7 cm³/mol. The second kappa shape index (κ2) is 6.22. The Hall–Kier alpha value is -1.62. The van der Waals surface area contributed by atoms with Crippen LogP contribution >= 0.6 is 0 Å². The lowest BCUT2D eigenvalue weighted by Gasteiger charge is -2.33. The summed E-state index contributed by atoms with van der Waals surface area (Å²) in [5.74, 6) is 0.0285. The minimum atomic E-state index is 0.0285. The molecule has 0 aliphatic rings. The third-order valence-corrected chi connectivity index (χ3v) is 2.94. The van der Waals surface area contributed by atoms with Crippen LogP contribution in [0.25, 0.3) is 0 Å². The van der Waals surface area contributed by atoms with Gasteiger partial charge in [-0.25, -0.2) is 0 Å². The number of amidine groups is 1. The van der Waals surface area contributed by atoms with Crippen LogP contribution < -0.4 is 11.1 Å². The molecule has 0 amide bonds. The van der Waals surface area contributed by atoms with Gasteiger partial charge in [0.25, 0.3) is 0 Å². The number of aromatic nitrogens is 1. The number of nitrogens with zero attached hydrogens (tertiary/aromatic N) is 2. The van der Waals surface area contributed by atoms with E-state index in [1.54, 1.807) is 6.20 Å². The molecule has 0 spiro atoms. The lowest BCUT2D eigenvalue weighted by atomic mass is 9.82. The summed E-state index contributed by atoms with van der Waals surface area (Å²) in [7, 11) is 0. The van der Waals surface area contributed by atoms with Crippen LogP contribution in [0.5, 0.6) is 0 Å². The molecule has 5 nitrogen and oxygen atoms in total. The molecule has 0 radical (unpaired) electrons. The zero-order chi connectivity index (χ0) is 15.4. The molecule has 0 bridgehead atoms. The Morgan fingerprint density at radius 2 is 2.00 bits per heavy atom. The van der Waals surface area contributed by atoms with Crippen LogP contribution in [-0.2, 0) is 6.54 Å². The van der Waals surface area contributed by atoms with Gasteiger partial charge in [-0.05, 0) is 43.4 Å². The van der Waals surface area contributed by atoms with Gasteiger partial charge in [-0.1, -0.05) is 25.9 Å². The summed E-state index contributed by atoms with van der Waals surface area (Å²) in [5.41, 5.74) is 7.40. The second-order valence-corrected chi connectivity index (χ2v) is 7.01. The lowest BCUT2D eigenvalue weighted by Crippen LogP contribution is -2.41. The Balaban J connectivity index is 2.70. The molecule has 20 heavy (non-hydrogen) atoms. The minimum absolute atomic E-state index is 0.0285. The van der Waals surface area contributed by atoms with Gasteiger partial charge in [0.2, 0.25) is 0 Å². The third kappa shape index (κ3) is 5.57. The number of hydrogen-bond acceptors (Lipinski definition) is 4. The van der Waals surface area contributed by atoms with E-state index in [0.717, 1.165) is 18.5 Å². The van der Waals surface area contributed by atoms with E-state index >= 15 is 0 Å². The highest BCUT2D eigenvalue weighted by Gasteiger charge is 2.24. The summed E-state index contributed by atoms with van der Waals surface area (Å²) in [4.78, 5) is 4.07. The van der Waals surface area contributed by atoms with E-state index in [1.165, 1.54) is 0 Å². The molecule has 0 aromatic carbocycles. The van der Waals surface area contributed by atoms with E-state index in [-0.39, 0.29) is 16.8 Å². The first-order valence-corrected chi connectivity index (χ1v) is 6.81. The van der Waals surface area contributed by atoms with Gasteiger partial charge in [-0.15, -0.1) is 0 Å². The highest BCUT2D eigenvalue weighted by atomic mass is 16.4. The van der Waals surface area contributed by atoms with Crippen LogP contribution in [0.3, 0.4) is 0 Å². The number of pyridine rings is 1. The molecule has 0 atom stereocenters. The minimum Gasteiger partial charge on any atom is -0.409 e. The number of nitrogens with two attached hydrogens (primary N) is 1. The maximum Gasteiger partial charge on any atom is 0.188 e. The fourth-order valence-electron chi connectivity index (χ4n) is 2.51. The quantitative estimate of drug-likeness (QED) is 0.334. The van der Waals surface area contributed by atoms with Crippen LogP contribution in [0.4, 0.5) is 0 Å². The van der Waals surface area contributed by atoms with Gasteiger partial charge in [0.15, 0.2) is 5.84 Å². The van der Waals surface area contributed by atoms with Gasteiger partial charge >= 0.3 is 0 Å². The van der Waals surface area contributed by atoms with Gasteiger partial charge in [-0.3, -0.25) is 4.98 Å². The fraction of sp³-hybridized carbons (Fsp3) is 0.600. The molecule has 0 aliphatic carbocycles. The van der Waals surface area contributed by atoms with Gasteiger partial charge in [-0.2, -0.15) is 0 Å². The van der Waals surface area contributed by atoms with Gasteiger partial charge in [0.1, 0.15) is 5.69 Å². The van der Waals surface area contributed by atoms with Crippen molar-refractivity contribution in [3.63, 3.8) is 0 Å². The van der Waals surface area contributed by atoms with E-state index in [0.29, 0.717) is 5.69 Å². The number of hydrogen-bond donors (Lipinski definition) is 3. The summed E-state index contributed by atoms with van der Waals surface area (Å²) in [5, 5.41) is 15.2. The van der Waals surface area contributed by atoms with E-state index < -0.39 is 0 Å².